The molecule has 0 saturated carbocycles. The summed E-state index contributed by atoms with van der Waals surface area (Å²) in [5.74, 6) is 0.0422. The Bertz CT molecular complexity index is 977. The van der Waals surface area contributed by atoms with Crippen LogP contribution in [0, 0.1) is 0 Å². The fraction of sp³-hybridized carbons (Fsp3) is 0.462. The number of carbonyl (C=O) groups is 2. The highest BCUT2D eigenvalue weighted by Crippen LogP contribution is 2.25. The molecule has 1 N–H and O–H groups in total. The average Bonchev–Trinajstić information content (AvgIpc) is 2.70. The van der Waals surface area contributed by atoms with Gasteiger partial charge in [-0.05, 0) is 68.5 Å². The molecule has 1 atom stereocenters. The first kappa shape index (κ1) is 27.0. The summed E-state index contributed by atoms with van der Waals surface area (Å²) in [5.41, 5.74) is 1.55. The number of ether oxygens (including phenoxy) is 1. The van der Waals surface area contributed by atoms with E-state index in [0.29, 0.717) is 15.8 Å². The van der Waals surface area contributed by atoms with Gasteiger partial charge in [-0.3, -0.25) is 9.59 Å². The average molecular weight is 493 g/mol. The molecule has 0 radical (unpaired) electrons. The SMILES string of the molecule is C[C@H](C(=O)NC(C)(C)C)N(Cc1ccc(Cl)c(Cl)c1)C(=O)COc1ccc(C(C)(C)C)cc1. The Labute approximate surface area is 207 Å². The molecule has 0 aliphatic heterocycles. The molecule has 33 heavy (non-hydrogen) atoms. The number of amides is 2. The highest BCUT2D eigenvalue weighted by atomic mass is 35.5. The molecule has 0 heterocycles. The monoisotopic (exact) mass is 492 g/mol. The van der Waals surface area contributed by atoms with Gasteiger partial charge in [0.2, 0.25) is 5.91 Å². The van der Waals surface area contributed by atoms with Crippen molar-refractivity contribution < 1.29 is 14.3 Å². The van der Waals surface area contributed by atoms with Crippen molar-refractivity contribution >= 4 is 35.0 Å². The van der Waals surface area contributed by atoms with Crippen LogP contribution in [0.4, 0.5) is 0 Å². The van der Waals surface area contributed by atoms with Gasteiger partial charge in [0.15, 0.2) is 6.61 Å². The van der Waals surface area contributed by atoms with E-state index < -0.39 is 11.6 Å². The Morgan fingerprint density at radius 3 is 2.09 bits per heavy atom. The van der Waals surface area contributed by atoms with Crippen LogP contribution in [0.5, 0.6) is 5.75 Å². The summed E-state index contributed by atoms with van der Waals surface area (Å²) in [6, 6.07) is 12.1. The molecule has 0 fully saturated rings. The zero-order chi connectivity index (χ0) is 25.0. The topological polar surface area (TPSA) is 58.6 Å². The highest BCUT2D eigenvalue weighted by Gasteiger charge is 2.29. The molecular weight excluding hydrogens is 459 g/mol. The molecular formula is C26H34Cl2N2O3. The number of hydrogen-bond donors (Lipinski definition) is 1. The van der Waals surface area contributed by atoms with E-state index in [1.807, 2.05) is 45.0 Å². The number of nitrogens with one attached hydrogen (secondary N) is 1. The molecule has 0 saturated heterocycles. The molecule has 0 unspecified atom stereocenters. The van der Waals surface area contributed by atoms with Gasteiger partial charge in [-0.2, -0.15) is 0 Å². The Morgan fingerprint density at radius 1 is 0.970 bits per heavy atom. The summed E-state index contributed by atoms with van der Waals surface area (Å²) >= 11 is 12.2. The van der Waals surface area contributed by atoms with Crippen LogP contribution in [0.3, 0.4) is 0 Å². The maximum atomic E-state index is 13.2. The third kappa shape index (κ3) is 8.24. The molecule has 0 spiro atoms. The van der Waals surface area contributed by atoms with Gasteiger partial charge in [-0.1, -0.05) is 62.2 Å². The van der Waals surface area contributed by atoms with Gasteiger partial charge in [0.05, 0.1) is 10.0 Å². The van der Waals surface area contributed by atoms with Crippen LogP contribution >= 0.6 is 23.2 Å². The smallest absolute Gasteiger partial charge is 0.261 e. The molecule has 7 heteroatoms. The van der Waals surface area contributed by atoms with Crippen LogP contribution in [0.25, 0.3) is 0 Å². The lowest BCUT2D eigenvalue weighted by Crippen LogP contribution is -2.53. The molecule has 0 bridgehead atoms. The molecule has 0 aliphatic rings. The van der Waals surface area contributed by atoms with Gasteiger partial charge < -0.3 is 15.0 Å². The van der Waals surface area contributed by atoms with E-state index in [1.165, 1.54) is 10.5 Å². The standard InChI is InChI=1S/C26H34Cl2N2O3/c1-17(24(32)29-26(5,6)7)30(15-18-8-13-21(27)22(28)14-18)23(31)16-33-20-11-9-19(10-12-20)25(2,3)4/h8-14,17H,15-16H2,1-7H3,(H,29,32)/t17-/m1/s1. The van der Waals surface area contributed by atoms with E-state index in [2.05, 4.69) is 26.1 Å². The van der Waals surface area contributed by atoms with Crippen LogP contribution in [-0.4, -0.2) is 34.9 Å². The third-order valence-electron chi connectivity index (χ3n) is 5.09. The van der Waals surface area contributed by atoms with Crippen molar-refractivity contribution in [1.29, 1.82) is 0 Å². The van der Waals surface area contributed by atoms with Crippen LogP contribution in [-0.2, 0) is 21.5 Å². The first-order valence-corrected chi connectivity index (χ1v) is 11.7. The van der Waals surface area contributed by atoms with Crippen molar-refractivity contribution in [3.63, 3.8) is 0 Å². The van der Waals surface area contributed by atoms with Crippen molar-refractivity contribution in [2.45, 2.75) is 72.0 Å². The molecule has 0 aliphatic carbocycles. The lowest BCUT2D eigenvalue weighted by atomic mass is 9.87. The largest absolute Gasteiger partial charge is 0.484 e. The van der Waals surface area contributed by atoms with E-state index >= 15 is 0 Å². The lowest BCUT2D eigenvalue weighted by Gasteiger charge is -2.31. The normalized spacial score (nSPS) is 12.8. The second kappa shape index (κ2) is 10.8. The summed E-state index contributed by atoms with van der Waals surface area (Å²) in [5, 5.41) is 3.76. The lowest BCUT2D eigenvalue weighted by molar-refractivity contribution is -0.142. The zero-order valence-corrected chi connectivity index (χ0v) is 22.0. The number of benzene rings is 2. The summed E-state index contributed by atoms with van der Waals surface area (Å²) < 4.78 is 5.76. The maximum Gasteiger partial charge on any atom is 0.261 e. The number of halogens is 2. The van der Waals surface area contributed by atoms with Crippen LogP contribution < -0.4 is 10.1 Å². The Kier molecular flexibility index (Phi) is 8.83. The van der Waals surface area contributed by atoms with Crippen molar-refractivity contribution in [2.75, 3.05) is 6.61 Å². The molecule has 0 aromatic heterocycles. The minimum Gasteiger partial charge on any atom is -0.484 e. The van der Waals surface area contributed by atoms with Gasteiger partial charge in [-0.25, -0.2) is 0 Å². The minimum absolute atomic E-state index is 0.0286. The van der Waals surface area contributed by atoms with E-state index in [4.69, 9.17) is 27.9 Å². The van der Waals surface area contributed by atoms with Gasteiger partial charge in [-0.15, -0.1) is 0 Å². The maximum absolute atomic E-state index is 13.2. The van der Waals surface area contributed by atoms with Crippen LogP contribution in [0.1, 0.15) is 59.6 Å². The Morgan fingerprint density at radius 2 is 1.58 bits per heavy atom. The Balaban J connectivity index is 2.19. The molecule has 180 valence electrons. The fourth-order valence-electron chi connectivity index (χ4n) is 3.17. The first-order chi connectivity index (χ1) is 15.2. The predicted octanol–water partition coefficient (Wildman–Crippen LogP) is 6.00. The van der Waals surface area contributed by atoms with Crippen molar-refractivity contribution in [3.8, 4) is 5.75 Å². The fourth-order valence-corrected chi connectivity index (χ4v) is 3.49. The predicted molar refractivity (Wildman–Crippen MR) is 135 cm³/mol. The molecule has 2 rings (SSSR count). The molecule has 2 aromatic carbocycles. The summed E-state index contributed by atoms with van der Waals surface area (Å²) in [6.45, 7) is 13.8. The summed E-state index contributed by atoms with van der Waals surface area (Å²) in [7, 11) is 0. The van der Waals surface area contributed by atoms with E-state index in [1.54, 1.807) is 25.1 Å². The van der Waals surface area contributed by atoms with Gasteiger partial charge in [0.1, 0.15) is 11.8 Å². The quantitative estimate of drug-likeness (QED) is 0.515. The molecule has 5 nitrogen and oxygen atoms in total. The van der Waals surface area contributed by atoms with Crippen molar-refractivity contribution in [2.24, 2.45) is 0 Å². The molecule has 2 amide bonds. The second-order valence-corrected chi connectivity index (χ2v) is 11.1. The van der Waals surface area contributed by atoms with Crippen LogP contribution in [0.2, 0.25) is 10.0 Å². The summed E-state index contributed by atoms with van der Waals surface area (Å²) in [6.07, 6.45) is 0. The van der Waals surface area contributed by atoms with E-state index in [-0.39, 0.29) is 30.4 Å². The van der Waals surface area contributed by atoms with E-state index in [0.717, 1.165) is 5.56 Å². The van der Waals surface area contributed by atoms with Gasteiger partial charge >= 0.3 is 0 Å². The van der Waals surface area contributed by atoms with E-state index in [9.17, 15) is 9.59 Å². The van der Waals surface area contributed by atoms with Crippen molar-refractivity contribution in [3.05, 3.63) is 63.6 Å². The number of hydrogen-bond acceptors (Lipinski definition) is 3. The molecule has 2 aromatic rings. The van der Waals surface area contributed by atoms with Gasteiger partial charge in [0, 0.05) is 12.1 Å². The minimum atomic E-state index is -0.710. The number of rotatable bonds is 7. The van der Waals surface area contributed by atoms with Gasteiger partial charge in [0.25, 0.3) is 5.91 Å². The van der Waals surface area contributed by atoms with Crippen LogP contribution in [0.15, 0.2) is 42.5 Å². The van der Waals surface area contributed by atoms with Crippen molar-refractivity contribution in [1.82, 2.24) is 10.2 Å². The third-order valence-corrected chi connectivity index (χ3v) is 5.82. The highest BCUT2D eigenvalue weighted by molar-refractivity contribution is 6.42. The first-order valence-electron chi connectivity index (χ1n) is 11.0. The summed E-state index contributed by atoms with van der Waals surface area (Å²) in [4.78, 5) is 27.5. The zero-order valence-electron chi connectivity index (χ0n) is 20.5. The number of carbonyl (C=O) groups excluding carboxylic acids is 2. The Hall–Kier alpha value is -2.24. The number of nitrogens with zero attached hydrogens (tertiary/aromatic N) is 1. The second-order valence-electron chi connectivity index (χ2n) is 10.2.